The fourth-order valence-electron chi connectivity index (χ4n) is 4.62. The Morgan fingerprint density at radius 2 is 1.91 bits per heavy atom. The largest absolute Gasteiger partial charge is 0.334 e. The molecule has 1 aliphatic carbocycles. The number of rotatable bonds is 5. The van der Waals surface area contributed by atoms with E-state index in [1.54, 1.807) is 0 Å². The predicted molar refractivity (Wildman–Crippen MR) is 92.6 cm³/mol. The first kappa shape index (κ1) is 16.5. The summed E-state index contributed by atoms with van der Waals surface area (Å²) in [4.78, 5) is 15.2. The van der Waals surface area contributed by atoms with Gasteiger partial charge in [0.05, 0.1) is 6.04 Å². The lowest BCUT2D eigenvalue weighted by molar-refractivity contribution is 0.0681. The molecule has 1 aromatic rings. The molecule has 0 aromatic carbocycles. The molecule has 1 aromatic heterocycles. The normalized spacial score (nSPS) is 22.4. The first-order valence-electron chi connectivity index (χ1n) is 9.52. The molecule has 1 amide bonds. The maximum atomic E-state index is 13.0. The van der Waals surface area contributed by atoms with Gasteiger partial charge in [-0.25, -0.2) is 0 Å². The minimum Gasteiger partial charge on any atom is -0.334 e. The Morgan fingerprint density at radius 3 is 2.57 bits per heavy atom. The Morgan fingerprint density at radius 1 is 1.22 bits per heavy atom. The fraction of sp³-hybridized carbons (Fsp3) is 0.789. The van der Waals surface area contributed by atoms with Crippen molar-refractivity contribution in [3.8, 4) is 0 Å². The Hall–Kier alpha value is -1.32. The number of hydrogen-bond acceptors (Lipinski definition) is 2. The average Bonchev–Trinajstić information content (AvgIpc) is 3.28. The molecular weight excluding hydrogens is 286 g/mol. The van der Waals surface area contributed by atoms with Gasteiger partial charge in [0.2, 0.25) is 0 Å². The molecule has 4 nitrogen and oxygen atoms in total. The van der Waals surface area contributed by atoms with Crippen molar-refractivity contribution in [2.45, 2.75) is 84.2 Å². The summed E-state index contributed by atoms with van der Waals surface area (Å²) in [5.74, 6) is 0.885. The molecule has 1 saturated carbocycles. The Balaban J connectivity index is 1.78. The molecule has 1 saturated heterocycles. The van der Waals surface area contributed by atoms with Crippen LogP contribution >= 0.6 is 0 Å². The van der Waals surface area contributed by atoms with E-state index in [0.717, 1.165) is 37.4 Å². The third kappa shape index (κ3) is 3.17. The third-order valence-corrected chi connectivity index (χ3v) is 5.93. The van der Waals surface area contributed by atoms with Crippen LogP contribution < -0.4 is 0 Å². The molecule has 128 valence electrons. The van der Waals surface area contributed by atoms with E-state index in [-0.39, 0.29) is 5.91 Å². The summed E-state index contributed by atoms with van der Waals surface area (Å²) in [6, 6.07) is 2.86. The van der Waals surface area contributed by atoms with Crippen molar-refractivity contribution in [2.75, 3.05) is 6.54 Å². The number of aryl methyl sites for hydroxylation is 1. The van der Waals surface area contributed by atoms with Crippen LogP contribution in [0.15, 0.2) is 6.07 Å². The number of carbonyl (C=O) groups is 1. The van der Waals surface area contributed by atoms with E-state index in [1.807, 2.05) is 6.07 Å². The van der Waals surface area contributed by atoms with Crippen LogP contribution in [0.5, 0.6) is 0 Å². The quantitative estimate of drug-likeness (QED) is 0.810. The van der Waals surface area contributed by atoms with Gasteiger partial charge in [0.15, 0.2) is 5.69 Å². The van der Waals surface area contributed by atoms with Crippen LogP contribution in [0.2, 0.25) is 0 Å². The van der Waals surface area contributed by atoms with Gasteiger partial charge in [-0.3, -0.25) is 9.48 Å². The summed E-state index contributed by atoms with van der Waals surface area (Å²) in [6.45, 7) is 7.36. The van der Waals surface area contributed by atoms with Gasteiger partial charge in [0, 0.05) is 18.3 Å². The van der Waals surface area contributed by atoms with Crippen LogP contribution in [-0.2, 0) is 0 Å². The number of hydrogen-bond donors (Lipinski definition) is 0. The predicted octanol–water partition coefficient (Wildman–Crippen LogP) is 4.35. The highest BCUT2D eigenvalue weighted by molar-refractivity contribution is 5.92. The highest BCUT2D eigenvalue weighted by atomic mass is 16.2. The zero-order valence-electron chi connectivity index (χ0n) is 14.9. The smallest absolute Gasteiger partial charge is 0.274 e. The molecule has 0 bridgehead atoms. The minimum atomic E-state index is 0.159. The molecule has 0 unspecified atom stereocenters. The van der Waals surface area contributed by atoms with Gasteiger partial charge in [-0.15, -0.1) is 0 Å². The maximum absolute atomic E-state index is 13.0. The summed E-state index contributed by atoms with van der Waals surface area (Å²) in [5, 5.41) is 4.68. The standard InChI is InChI=1S/C19H31N3O/c1-4-16(5-2)22-14(3)13-17(20-22)19(23)21-12-8-11-18(21)15-9-6-7-10-15/h13,15-16,18H,4-12H2,1-3H3/t18-/m0/s1. The molecule has 1 aliphatic heterocycles. The minimum absolute atomic E-state index is 0.159. The summed E-state index contributed by atoms with van der Waals surface area (Å²) in [5.41, 5.74) is 1.76. The van der Waals surface area contributed by atoms with Gasteiger partial charge in [-0.2, -0.15) is 5.10 Å². The lowest BCUT2D eigenvalue weighted by Gasteiger charge is -2.28. The number of amides is 1. The molecule has 4 heteroatoms. The van der Waals surface area contributed by atoms with E-state index < -0.39 is 0 Å². The monoisotopic (exact) mass is 317 g/mol. The highest BCUT2D eigenvalue weighted by Crippen LogP contribution is 2.36. The molecule has 23 heavy (non-hydrogen) atoms. The molecule has 3 rings (SSSR count). The molecule has 0 spiro atoms. The highest BCUT2D eigenvalue weighted by Gasteiger charge is 2.37. The molecule has 0 radical (unpaired) electrons. The second-order valence-corrected chi connectivity index (χ2v) is 7.34. The van der Waals surface area contributed by atoms with Crippen LogP contribution in [0, 0.1) is 12.8 Å². The third-order valence-electron chi connectivity index (χ3n) is 5.93. The topological polar surface area (TPSA) is 38.1 Å². The fourth-order valence-corrected chi connectivity index (χ4v) is 4.62. The zero-order chi connectivity index (χ0) is 16.4. The first-order valence-corrected chi connectivity index (χ1v) is 9.52. The van der Waals surface area contributed by atoms with E-state index in [4.69, 9.17) is 0 Å². The number of likely N-dealkylation sites (tertiary alicyclic amines) is 1. The van der Waals surface area contributed by atoms with Crippen molar-refractivity contribution in [1.82, 2.24) is 14.7 Å². The van der Waals surface area contributed by atoms with Crippen molar-refractivity contribution in [2.24, 2.45) is 5.92 Å². The number of nitrogens with zero attached hydrogens (tertiary/aromatic N) is 3. The van der Waals surface area contributed by atoms with Crippen LogP contribution in [0.4, 0.5) is 0 Å². The van der Waals surface area contributed by atoms with Gasteiger partial charge < -0.3 is 4.90 Å². The summed E-state index contributed by atoms with van der Waals surface area (Å²) >= 11 is 0. The van der Waals surface area contributed by atoms with Gasteiger partial charge in [0.25, 0.3) is 5.91 Å². The maximum Gasteiger partial charge on any atom is 0.274 e. The molecule has 1 atom stereocenters. The average molecular weight is 317 g/mol. The molecular formula is C19H31N3O. The van der Waals surface area contributed by atoms with E-state index in [2.05, 4.69) is 35.5 Å². The van der Waals surface area contributed by atoms with E-state index in [0.29, 0.717) is 17.8 Å². The van der Waals surface area contributed by atoms with Crippen molar-refractivity contribution in [3.05, 3.63) is 17.5 Å². The molecule has 2 heterocycles. The van der Waals surface area contributed by atoms with Crippen LogP contribution in [0.25, 0.3) is 0 Å². The van der Waals surface area contributed by atoms with Gasteiger partial charge in [-0.1, -0.05) is 26.7 Å². The van der Waals surface area contributed by atoms with Crippen molar-refractivity contribution >= 4 is 5.91 Å². The number of aromatic nitrogens is 2. The second kappa shape index (κ2) is 7.06. The first-order chi connectivity index (χ1) is 11.2. The van der Waals surface area contributed by atoms with Crippen molar-refractivity contribution < 1.29 is 4.79 Å². The summed E-state index contributed by atoms with van der Waals surface area (Å²) in [7, 11) is 0. The van der Waals surface area contributed by atoms with Crippen molar-refractivity contribution in [1.29, 1.82) is 0 Å². The summed E-state index contributed by atoms with van der Waals surface area (Å²) in [6.07, 6.45) is 9.73. The lowest BCUT2D eigenvalue weighted by atomic mass is 9.96. The van der Waals surface area contributed by atoms with Crippen LogP contribution in [-0.4, -0.2) is 33.2 Å². The van der Waals surface area contributed by atoms with E-state index in [9.17, 15) is 4.79 Å². The molecule has 2 fully saturated rings. The van der Waals surface area contributed by atoms with Gasteiger partial charge in [0.1, 0.15) is 0 Å². The zero-order valence-corrected chi connectivity index (χ0v) is 14.9. The Labute approximate surface area is 140 Å². The van der Waals surface area contributed by atoms with E-state index >= 15 is 0 Å². The van der Waals surface area contributed by atoms with Crippen molar-refractivity contribution in [3.63, 3.8) is 0 Å². The van der Waals surface area contributed by atoms with Crippen LogP contribution in [0.1, 0.15) is 87.4 Å². The molecule has 2 aliphatic rings. The van der Waals surface area contributed by atoms with Crippen LogP contribution in [0.3, 0.4) is 0 Å². The Bertz CT molecular complexity index is 541. The lowest BCUT2D eigenvalue weighted by Crippen LogP contribution is -2.39. The molecule has 0 N–H and O–H groups in total. The number of carbonyl (C=O) groups excluding carboxylic acids is 1. The second-order valence-electron chi connectivity index (χ2n) is 7.34. The van der Waals surface area contributed by atoms with Gasteiger partial charge >= 0.3 is 0 Å². The Kier molecular flexibility index (Phi) is 5.08. The van der Waals surface area contributed by atoms with E-state index in [1.165, 1.54) is 32.1 Å². The summed E-state index contributed by atoms with van der Waals surface area (Å²) < 4.78 is 2.06. The SMILES string of the molecule is CCC(CC)n1nc(C(=O)N2CCC[C@H]2C2CCCC2)cc1C. The van der Waals surface area contributed by atoms with Gasteiger partial charge in [-0.05, 0) is 57.4 Å².